The molecule has 138 valence electrons. The van der Waals surface area contributed by atoms with Gasteiger partial charge in [-0.25, -0.2) is 0 Å². The van der Waals surface area contributed by atoms with Gasteiger partial charge in [0.2, 0.25) is 0 Å². The van der Waals surface area contributed by atoms with E-state index in [1.54, 1.807) is 0 Å². The Hall–Kier alpha value is -1.24. The Balaban J connectivity index is 0.00000225. The fourth-order valence-electron chi connectivity index (χ4n) is 3.38. The Bertz CT molecular complexity index is 557. The average Bonchev–Trinajstić information content (AvgIpc) is 3.29. The number of rotatable bonds is 6. The minimum atomic E-state index is 0. The normalized spacial score (nSPS) is 18.2. The highest BCUT2D eigenvalue weighted by Gasteiger charge is 2.16. The summed E-state index contributed by atoms with van der Waals surface area (Å²) in [5, 5.41) is 6.86. The molecule has 0 saturated heterocycles. The SMILES string of the molecule is CN=C(NCCc1ccc(OC2CCCC2)cc1)NC1CC=CC1.I. The molecule has 0 spiro atoms. The van der Waals surface area contributed by atoms with Gasteiger partial charge in [-0.15, -0.1) is 24.0 Å². The van der Waals surface area contributed by atoms with Crippen LogP contribution in [0.25, 0.3) is 0 Å². The molecule has 0 heterocycles. The van der Waals surface area contributed by atoms with Gasteiger partial charge in [0.05, 0.1) is 6.10 Å². The molecule has 0 bridgehead atoms. The maximum absolute atomic E-state index is 6.01. The molecule has 5 heteroatoms. The third-order valence-corrected chi connectivity index (χ3v) is 4.81. The minimum Gasteiger partial charge on any atom is -0.490 e. The number of aliphatic imine (C=N–C) groups is 1. The number of nitrogens with zero attached hydrogens (tertiary/aromatic N) is 1. The predicted molar refractivity (Wildman–Crippen MR) is 115 cm³/mol. The molecule has 0 unspecified atom stereocenters. The van der Waals surface area contributed by atoms with Gasteiger partial charge < -0.3 is 15.4 Å². The van der Waals surface area contributed by atoms with E-state index in [9.17, 15) is 0 Å². The molecule has 1 aromatic rings. The summed E-state index contributed by atoms with van der Waals surface area (Å²) in [5.74, 6) is 1.90. The van der Waals surface area contributed by atoms with Crippen LogP contribution in [0.1, 0.15) is 44.1 Å². The molecule has 0 radical (unpaired) electrons. The number of benzene rings is 1. The van der Waals surface area contributed by atoms with Crippen LogP contribution in [-0.2, 0) is 6.42 Å². The second-order valence-corrected chi connectivity index (χ2v) is 6.70. The molecule has 1 aromatic carbocycles. The van der Waals surface area contributed by atoms with E-state index in [1.165, 1.54) is 31.2 Å². The van der Waals surface area contributed by atoms with Crippen molar-refractivity contribution in [2.45, 2.75) is 57.1 Å². The van der Waals surface area contributed by atoms with Crippen molar-refractivity contribution in [1.29, 1.82) is 0 Å². The number of guanidine groups is 1. The lowest BCUT2D eigenvalue weighted by Gasteiger charge is -2.17. The highest BCUT2D eigenvalue weighted by molar-refractivity contribution is 14.0. The summed E-state index contributed by atoms with van der Waals surface area (Å²) in [5.41, 5.74) is 1.32. The molecule has 2 aliphatic carbocycles. The summed E-state index contributed by atoms with van der Waals surface area (Å²) in [6, 6.07) is 9.03. The largest absolute Gasteiger partial charge is 0.490 e. The number of ether oxygens (including phenoxy) is 1. The highest BCUT2D eigenvalue weighted by atomic mass is 127. The van der Waals surface area contributed by atoms with Crippen molar-refractivity contribution in [2.24, 2.45) is 4.99 Å². The van der Waals surface area contributed by atoms with E-state index in [0.29, 0.717) is 12.1 Å². The topological polar surface area (TPSA) is 45.7 Å². The molecule has 3 rings (SSSR count). The van der Waals surface area contributed by atoms with Gasteiger partial charge in [0.25, 0.3) is 0 Å². The van der Waals surface area contributed by atoms with Crippen molar-refractivity contribution < 1.29 is 4.74 Å². The number of hydrogen-bond acceptors (Lipinski definition) is 2. The van der Waals surface area contributed by atoms with E-state index in [4.69, 9.17) is 4.74 Å². The van der Waals surface area contributed by atoms with Crippen LogP contribution in [0.2, 0.25) is 0 Å². The van der Waals surface area contributed by atoms with Crippen molar-refractivity contribution in [3.05, 3.63) is 42.0 Å². The Morgan fingerprint density at radius 3 is 2.44 bits per heavy atom. The lowest BCUT2D eigenvalue weighted by Crippen LogP contribution is -2.43. The quantitative estimate of drug-likeness (QED) is 0.295. The molecular weight excluding hydrogens is 425 g/mol. The highest BCUT2D eigenvalue weighted by Crippen LogP contribution is 2.24. The van der Waals surface area contributed by atoms with Crippen LogP contribution in [0, 0.1) is 0 Å². The number of hydrogen-bond donors (Lipinski definition) is 2. The summed E-state index contributed by atoms with van der Waals surface area (Å²) >= 11 is 0. The number of halogens is 1. The van der Waals surface area contributed by atoms with E-state index in [-0.39, 0.29) is 24.0 Å². The van der Waals surface area contributed by atoms with E-state index < -0.39 is 0 Å². The van der Waals surface area contributed by atoms with Crippen molar-refractivity contribution in [1.82, 2.24) is 10.6 Å². The molecule has 2 aliphatic rings. The summed E-state index contributed by atoms with van der Waals surface area (Å²) < 4.78 is 6.01. The van der Waals surface area contributed by atoms with E-state index in [2.05, 4.69) is 52.0 Å². The first-order valence-corrected chi connectivity index (χ1v) is 9.21. The minimum absolute atomic E-state index is 0. The summed E-state index contributed by atoms with van der Waals surface area (Å²) in [7, 11) is 1.83. The van der Waals surface area contributed by atoms with Gasteiger partial charge in [0.1, 0.15) is 5.75 Å². The zero-order valence-corrected chi connectivity index (χ0v) is 17.4. The molecule has 25 heavy (non-hydrogen) atoms. The van der Waals surface area contributed by atoms with Crippen LogP contribution < -0.4 is 15.4 Å². The third kappa shape index (κ3) is 6.53. The van der Waals surface area contributed by atoms with Crippen LogP contribution in [0.15, 0.2) is 41.4 Å². The van der Waals surface area contributed by atoms with Crippen molar-refractivity contribution >= 4 is 29.9 Å². The summed E-state index contributed by atoms with van der Waals surface area (Å²) in [4.78, 5) is 4.30. The van der Waals surface area contributed by atoms with Crippen LogP contribution in [0.3, 0.4) is 0 Å². The van der Waals surface area contributed by atoms with Gasteiger partial charge in [0, 0.05) is 19.6 Å². The van der Waals surface area contributed by atoms with Crippen molar-refractivity contribution in [3.8, 4) is 5.75 Å². The average molecular weight is 455 g/mol. The fraction of sp³-hybridized carbons (Fsp3) is 0.550. The van der Waals surface area contributed by atoms with Gasteiger partial charge in [-0.1, -0.05) is 24.3 Å². The van der Waals surface area contributed by atoms with Gasteiger partial charge >= 0.3 is 0 Å². The third-order valence-electron chi connectivity index (χ3n) is 4.81. The second kappa shape index (κ2) is 10.7. The van der Waals surface area contributed by atoms with Gasteiger partial charge in [-0.05, 0) is 62.6 Å². The van der Waals surface area contributed by atoms with E-state index in [1.807, 2.05) is 7.05 Å². The van der Waals surface area contributed by atoms with E-state index in [0.717, 1.165) is 37.5 Å². The van der Waals surface area contributed by atoms with E-state index >= 15 is 0 Å². The maximum atomic E-state index is 6.01. The lowest BCUT2D eigenvalue weighted by molar-refractivity contribution is 0.210. The smallest absolute Gasteiger partial charge is 0.191 e. The molecule has 2 N–H and O–H groups in total. The zero-order valence-electron chi connectivity index (χ0n) is 15.0. The van der Waals surface area contributed by atoms with Crippen LogP contribution >= 0.6 is 24.0 Å². The molecule has 0 aromatic heterocycles. The van der Waals surface area contributed by atoms with Gasteiger partial charge in [0.15, 0.2) is 5.96 Å². The van der Waals surface area contributed by atoms with Gasteiger partial charge in [-0.2, -0.15) is 0 Å². The first kappa shape index (κ1) is 20.1. The zero-order chi connectivity index (χ0) is 16.6. The molecule has 1 fully saturated rings. The first-order valence-electron chi connectivity index (χ1n) is 9.21. The summed E-state index contributed by atoms with van der Waals surface area (Å²) in [6.45, 7) is 0.878. The fourth-order valence-corrected chi connectivity index (χ4v) is 3.38. The van der Waals surface area contributed by atoms with Crippen molar-refractivity contribution in [3.63, 3.8) is 0 Å². The Labute approximate surface area is 168 Å². The van der Waals surface area contributed by atoms with Crippen LogP contribution in [0.4, 0.5) is 0 Å². The molecule has 0 aliphatic heterocycles. The molecule has 1 saturated carbocycles. The number of nitrogens with one attached hydrogen (secondary N) is 2. The molecule has 4 nitrogen and oxygen atoms in total. The van der Waals surface area contributed by atoms with Crippen molar-refractivity contribution in [2.75, 3.05) is 13.6 Å². The standard InChI is InChI=1S/C20H29N3O.HI/c1-21-20(23-17-6-2-3-7-17)22-15-14-16-10-12-19(13-11-16)24-18-8-4-5-9-18;/h2-3,10-13,17-18H,4-9,14-15H2,1H3,(H2,21,22,23);1H. The van der Waals surface area contributed by atoms with Crippen LogP contribution in [0.5, 0.6) is 5.75 Å². The Kier molecular flexibility index (Phi) is 8.58. The second-order valence-electron chi connectivity index (χ2n) is 6.70. The van der Waals surface area contributed by atoms with Crippen LogP contribution in [-0.4, -0.2) is 31.7 Å². The maximum Gasteiger partial charge on any atom is 0.191 e. The Morgan fingerprint density at radius 1 is 1.12 bits per heavy atom. The monoisotopic (exact) mass is 455 g/mol. The Morgan fingerprint density at radius 2 is 1.80 bits per heavy atom. The lowest BCUT2D eigenvalue weighted by atomic mass is 10.1. The molecule has 0 amide bonds. The first-order chi connectivity index (χ1) is 11.8. The predicted octanol–water partition coefficient (Wildman–Crippen LogP) is 4.05. The molecule has 0 atom stereocenters. The molecular formula is C20H30IN3O. The van der Waals surface area contributed by atoms with Gasteiger partial charge in [-0.3, -0.25) is 4.99 Å². The summed E-state index contributed by atoms with van der Waals surface area (Å²) in [6.07, 6.45) is 13.0.